The van der Waals surface area contributed by atoms with Crippen molar-refractivity contribution in [3.63, 3.8) is 0 Å². The van der Waals surface area contributed by atoms with Crippen molar-refractivity contribution < 1.29 is 13.9 Å². The zero-order valence-corrected chi connectivity index (χ0v) is 10.9. The number of carbonyl (C=O) groups is 1. The van der Waals surface area contributed by atoms with Crippen LogP contribution in [-0.4, -0.2) is 18.5 Å². The van der Waals surface area contributed by atoms with Crippen LogP contribution >= 0.6 is 15.9 Å². The molecule has 2 nitrogen and oxygen atoms in total. The van der Waals surface area contributed by atoms with Gasteiger partial charge in [-0.15, -0.1) is 0 Å². The Kier molecular flexibility index (Phi) is 5.09. The lowest BCUT2D eigenvalue weighted by Gasteiger charge is -2.06. The van der Waals surface area contributed by atoms with Gasteiger partial charge in [0, 0.05) is 6.42 Å². The Balaban J connectivity index is 2.53. The molecule has 88 valence electrons. The lowest BCUT2D eigenvalue weighted by Crippen LogP contribution is -2.15. The van der Waals surface area contributed by atoms with E-state index in [0.717, 1.165) is 5.56 Å². The molecule has 0 radical (unpaired) electrons. The fourth-order valence-electron chi connectivity index (χ4n) is 1.19. The number of rotatable bonds is 5. The van der Waals surface area contributed by atoms with E-state index in [-0.39, 0.29) is 30.7 Å². The summed E-state index contributed by atoms with van der Waals surface area (Å²) in [5.41, 5.74) is 0.783. The summed E-state index contributed by atoms with van der Waals surface area (Å²) in [5, 5.41) is 0. The van der Waals surface area contributed by atoms with Crippen LogP contribution in [0.3, 0.4) is 0 Å². The number of benzene rings is 1. The fourth-order valence-corrected chi connectivity index (χ4v) is 1.61. The monoisotopic (exact) mass is 288 g/mol. The molecule has 1 aromatic carbocycles. The van der Waals surface area contributed by atoms with Crippen LogP contribution in [0.4, 0.5) is 4.39 Å². The molecule has 0 N–H and O–H groups in total. The molecular formula is C12H14BrFO2. The number of Topliss-reactive ketones (excluding diaryl/α,β-unsaturated/α-hetero) is 1. The Morgan fingerprint density at radius 1 is 1.50 bits per heavy atom. The molecule has 0 unspecified atom stereocenters. The molecule has 0 aliphatic carbocycles. The van der Waals surface area contributed by atoms with Gasteiger partial charge in [-0.25, -0.2) is 4.39 Å². The van der Waals surface area contributed by atoms with Crippen LogP contribution in [0.25, 0.3) is 0 Å². The molecule has 0 amide bonds. The van der Waals surface area contributed by atoms with E-state index in [1.54, 1.807) is 12.1 Å². The Morgan fingerprint density at radius 2 is 2.19 bits per heavy atom. The van der Waals surface area contributed by atoms with Gasteiger partial charge in [-0.05, 0) is 47.5 Å². The van der Waals surface area contributed by atoms with E-state index < -0.39 is 0 Å². The summed E-state index contributed by atoms with van der Waals surface area (Å²) in [6, 6.07) is 4.56. The van der Waals surface area contributed by atoms with Crippen molar-refractivity contribution >= 4 is 21.7 Å². The van der Waals surface area contributed by atoms with Crippen LogP contribution in [-0.2, 0) is 16.0 Å². The summed E-state index contributed by atoms with van der Waals surface area (Å²) in [6.45, 7) is 3.86. The highest BCUT2D eigenvalue weighted by atomic mass is 79.9. The summed E-state index contributed by atoms with van der Waals surface area (Å²) in [6.07, 6.45) is 0.315. The summed E-state index contributed by atoms with van der Waals surface area (Å²) in [4.78, 5) is 11.5. The number of halogens is 2. The molecule has 1 rings (SSSR count). The third-order valence-corrected chi connectivity index (χ3v) is 2.57. The van der Waals surface area contributed by atoms with E-state index in [4.69, 9.17) is 4.74 Å². The molecule has 0 aliphatic rings. The number of hydrogen-bond donors (Lipinski definition) is 0. The molecule has 0 aromatic heterocycles. The molecule has 0 aliphatic heterocycles. The summed E-state index contributed by atoms with van der Waals surface area (Å²) in [5.74, 6) is -0.332. The van der Waals surface area contributed by atoms with Gasteiger partial charge in [0.15, 0.2) is 5.78 Å². The average Bonchev–Trinajstić information content (AvgIpc) is 2.21. The molecule has 0 atom stereocenters. The number of carbonyl (C=O) groups excluding carboxylic acids is 1. The van der Waals surface area contributed by atoms with E-state index in [1.807, 2.05) is 13.8 Å². The molecule has 1 aromatic rings. The zero-order valence-electron chi connectivity index (χ0n) is 9.30. The van der Waals surface area contributed by atoms with Crippen LogP contribution in [0.15, 0.2) is 22.7 Å². The van der Waals surface area contributed by atoms with E-state index >= 15 is 0 Å². The van der Waals surface area contributed by atoms with Gasteiger partial charge in [0.2, 0.25) is 0 Å². The maximum absolute atomic E-state index is 12.9. The van der Waals surface area contributed by atoms with Gasteiger partial charge in [0.05, 0.1) is 10.6 Å². The first-order chi connectivity index (χ1) is 7.49. The van der Waals surface area contributed by atoms with Gasteiger partial charge in [0.25, 0.3) is 0 Å². The van der Waals surface area contributed by atoms with Crippen molar-refractivity contribution in [1.82, 2.24) is 0 Å². The van der Waals surface area contributed by atoms with Gasteiger partial charge in [0.1, 0.15) is 12.4 Å². The third kappa shape index (κ3) is 4.41. The van der Waals surface area contributed by atoms with Crippen molar-refractivity contribution in [3.05, 3.63) is 34.1 Å². The van der Waals surface area contributed by atoms with Gasteiger partial charge in [-0.2, -0.15) is 0 Å². The average molecular weight is 289 g/mol. The van der Waals surface area contributed by atoms with E-state index in [0.29, 0.717) is 4.47 Å². The SMILES string of the molecule is CC(C)OCC(=O)Cc1ccc(F)c(Br)c1. The van der Waals surface area contributed by atoms with Crippen LogP contribution in [0.1, 0.15) is 19.4 Å². The molecular weight excluding hydrogens is 275 g/mol. The Hall–Kier alpha value is -0.740. The minimum Gasteiger partial charge on any atom is -0.371 e. The van der Waals surface area contributed by atoms with Gasteiger partial charge in [-0.1, -0.05) is 6.07 Å². The van der Waals surface area contributed by atoms with Gasteiger partial charge < -0.3 is 4.74 Å². The Bertz CT molecular complexity index is 377. The van der Waals surface area contributed by atoms with Crippen LogP contribution in [0.5, 0.6) is 0 Å². The van der Waals surface area contributed by atoms with E-state index in [9.17, 15) is 9.18 Å². The first-order valence-electron chi connectivity index (χ1n) is 5.06. The van der Waals surface area contributed by atoms with Gasteiger partial charge in [-0.3, -0.25) is 4.79 Å². The molecule has 0 bridgehead atoms. The smallest absolute Gasteiger partial charge is 0.162 e. The summed E-state index contributed by atoms with van der Waals surface area (Å²) >= 11 is 3.08. The molecule has 16 heavy (non-hydrogen) atoms. The maximum Gasteiger partial charge on any atom is 0.162 e. The second-order valence-electron chi connectivity index (χ2n) is 3.82. The highest BCUT2D eigenvalue weighted by Gasteiger charge is 2.07. The minimum atomic E-state index is -0.324. The van der Waals surface area contributed by atoms with Crippen molar-refractivity contribution in [2.24, 2.45) is 0 Å². The normalized spacial score (nSPS) is 10.8. The first kappa shape index (κ1) is 13.3. The molecule has 0 heterocycles. The fraction of sp³-hybridized carbons (Fsp3) is 0.417. The van der Waals surface area contributed by atoms with Gasteiger partial charge >= 0.3 is 0 Å². The van der Waals surface area contributed by atoms with Crippen LogP contribution < -0.4 is 0 Å². The number of hydrogen-bond acceptors (Lipinski definition) is 2. The maximum atomic E-state index is 12.9. The van der Waals surface area contributed by atoms with E-state index in [2.05, 4.69) is 15.9 Å². The minimum absolute atomic E-state index is 0.00721. The molecule has 0 saturated heterocycles. The van der Waals surface area contributed by atoms with Crippen molar-refractivity contribution in [1.29, 1.82) is 0 Å². The lowest BCUT2D eigenvalue weighted by molar-refractivity contribution is -0.124. The second-order valence-corrected chi connectivity index (χ2v) is 4.68. The van der Waals surface area contributed by atoms with Crippen molar-refractivity contribution in [2.45, 2.75) is 26.4 Å². The predicted octanol–water partition coefficient (Wildman–Crippen LogP) is 3.12. The van der Waals surface area contributed by atoms with E-state index in [1.165, 1.54) is 6.07 Å². The first-order valence-corrected chi connectivity index (χ1v) is 5.85. The Labute approximate surface area is 103 Å². The molecule has 0 spiro atoms. The van der Waals surface area contributed by atoms with Crippen molar-refractivity contribution in [3.8, 4) is 0 Å². The largest absolute Gasteiger partial charge is 0.371 e. The zero-order chi connectivity index (χ0) is 12.1. The molecule has 4 heteroatoms. The number of ketones is 1. The lowest BCUT2D eigenvalue weighted by atomic mass is 10.1. The second kappa shape index (κ2) is 6.11. The number of ether oxygens (including phenoxy) is 1. The van der Waals surface area contributed by atoms with Crippen LogP contribution in [0.2, 0.25) is 0 Å². The standard InChI is InChI=1S/C12H14BrFO2/c1-8(2)16-7-10(15)5-9-3-4-12(14)11(13)6-9/h3-4,6,8H,5,7H2,1-2H3. The summed E-state index contributed by atoms with van der Waals surface area (Å²) < 4.78 is 18.5. The van der Waals surface area contributed by atoms with Crippen LogP contribution in [0, 0.1) is 5.82 Å². The highest BCUT2D eigenvalue weighted by molar-refractivity contribution is 9.10. The third-order valence-electron chi connectivity index (χ3n) is 1.96. The van der Waals surface area contributed by atoms with Crippen molar-refractivity contribution in [2.75, 3.05) is 6.61 Å². The predicted molar refractivity (Wildman–Crippen MR) is 63.9 cm³/mol. The Morgan fingerprint density at radius 3 is 2.75 bits per heavy atom. The highest BCUT2D eigenvalue weighted by Crippen LogP contribution is 2.17. The molecule has 0 saturated carbocycles. The quantitative estimate of drug-likeness (QED) is 0.832. The summed E-state index contributed by atoms with van der Waals surface area (Å²) in [7, 11) is 0. The molecule has 0 fully saturated rings. The topological polar surface area (TPSA) is 26.3 Å².